The highest BCUT2D eigenvalue weighted by atomic mass is 32.2. The van der Waals surface area contributed by atoms with Gasteiger partial charge in [-0.3, -0.25) is 25.2 Å². The van der Waals surface area contributed by atoms with Gasteiger partial charge in [0.25, 0.3) is 21.8 Å². The Balaban J connectivity index is 1.66. The first-order chi connectivity index (χ1) is 15.8. The number of nitrogens with one attached hydrogen (secondary N) is 3. The number of methoxy groups -OCH3 is 1. The van der Waals surface area contributed by atoms with Crippen LogP contribution in [0.5, 0.6) is 5.75 Å². The minimum absolute atomic E-state index is 0.00677. The van der Waals surface area contributed by atoms with Crippen LogP contribution in [0.25, 0.3) is 6.08 Å². The van der Waals surface area contributed by atoms with Gasteiger partial charge in [-0.15, -0.1) is 0 Å². The predicted molar refractivity (Wildman–Crippen MR) is 121 cm³/mol. The monoisotopic (exact) mass is 469 g/mol. The van der Waals surface area contributed by atoms with E-state index in [0.29, 0.717) is 11.3 Å². The zero-order valence-electron chi connectivity index (χ0n) is 17.4. The van der Waals surface area contributed by atoms with E-state index in [9.17, 15) is 22.4 Å². The minimum Gasteiger partial charge on any atom is -0.495 e. The number of hydrogen-bond acceptors (Lipinski definition) is 5. The summed E-state index contributed by atoms with van der Waals surface area (Å²) in [6.45, 7) is 0. The smallest absolute Gasteiger partial charge is 0.269 e. The number of amides is 2. The topological polar surface area (TPSA) is 114 Å². The van der Waals surface area contributed by atoms with E-state index in [1.165, 1.54) is 55.7 Å². The highest BCUT2D eigenvalue weighted by Crippen LogP contribution is 2.26. The third-order valence-corrected chi connectivity index (χ3v) is 5.70. The van der Waals surface area contributed by atoms with E-state index in [1.54, 1.807) is 30.3 Å². The lowest BCUT2D eigenvalue weighted by atomic mass is 10.2. The molecule has 0 aliphatic rings. The summed E-state index contributed by atoms with van der Waals surface area (Å²) in [4.78, 5) is 24.1. The maximum atomic E-state index is 13.2. The highest BCUT2D eigenvalue weighted by Gasteiger charge is 2.18. The number of sulfonamides is 1. The molecular formula is C23H20FN3O5S. The first-order valence-electron chi connectivity index (χ1n) is 9.58. The molecule has 0 radical (unpaired) electrons. The molecule has 0 saturated carbocycles. The molecule has 10 heteroatoms. The Labute approximate surface area is 190 Å². The van der Waals surface area contributed by atoms with Crippen molar-refractivity contribution in [1.29, 1.82) is 0 Å². The summed E-state index contributed by atoms with van der Waals surface area (Å²) < 4.78 is 46.2. The van der Waals surface area contributed by atoms with Crippen LogP contribution in [-0.2, 0) is 14.8 Å². The van der Waals surface area contributed by atoms with Crippen LogP contribution in [0.1, 0.15) is 15.9 Å². The van der Waals surface area contributed by atoms with Gasteiger partial charge in [-0.2, -0.15) is 0 Å². The van der Waals surface area contributed by atoms with E-state index in [0.717, 1.165) is 6.08 Å². The van der Waals surface area contributed by atoms with Crippen molar-refractivity contribution in [2.45, 2.75) is 4.90 Å². The molecule has 3 rings (SSSR count). The standard InChI is InChI=1S/C23H20FN3O5S/c1-32-21-11-3-2-10-20(21)27-33(30,31)19-9-5-7-17(15-19)23(29)26-25-22(28)13-12-16-6-4-8-18(24)14-16/h2-15,27H,1H3,(H,25,28)(H,26,29). The number of anilines is 1. The van der Waals surface area contributed by atoms with Gasteiger partial charge in [0, 0.05) is 11.6 Å². The van der Waals surface area contributed by atoms with E-state index in [-0.39, 0.29) is 16.1 Å². The van der Waals surface area contributed by atoms with Crippen LogP contribution in [0.2, 0.25) is 0 Å². The number of carbonyl (C=O) groups is 2. The van der Waals surface area contributed by atoms with Crippen LogP contribution in [0.4, 0.5) is 10.1 Å². The van der Waals surface area contributed by atoms with Gasteiger partial charge in [0.2, 0.25) is 0 Å². The molecule has 0 spiro atoms. The fourth-order valence-electron chi connectivity index (χ4n) is 2.75. The molecular weight excluding hydrogens is 449 g/mol. The zero-order valence-corrected chi connectivity index (χ0v) is 18.2. The summed E-state index contributed by atoms with van der Waals surface area (Å²) in [5, 5.41) is 0. The third kappa shape index (κ3) is 6.40. The van der Waals surface area contributed by atoms with Gasteiger partial charge in [-0.05, 0) is 54.1 Å². The number of ether oxygens (including phenoxy) is 1. The number of rotatable bonds is 7. The summed E-state index contributed by atoms with van der Waals surface area (Å²) in [6, 6.07) is 17.4. The fraction of sp³-hybridized carbons (Fsp3) is 0.0435. The quantitative estimate of drug-likeness (QED) is 0.364. The lowest BCUT2D eigenvalue weighted by Gasteiger charge is -2.12. The van der Waals surface area contributed by atoms with Gasteiger partial charge in [0.05, 0.1) is 17.7 Å². The van der Waals surface area contributed by atoms with Crippen molar-refractivity contribution in [3.63, 3.8) is 0 Å². The lowest BCUT2D eigenvalue weighted by molar-refractivity contribution is -0.117. The van der Waals surface area contributed by atoms with Crippen molar-refractivity contribution in [2.75, 3.05) is 11.8 Å². The second kappa shape index (κ2) is 10.4. The number of carbonyl (C=O) groups excluding carboxylic acids is 2. The largest absolute Gasteiger partial charge is 0.495 e. The van der Waals surface area contributed by atoms with E-state index < -0.39 is 27.7 Å². The Morgan fingerprint density at radius 2 is 1.70 bits per heavy atom. The molecule has 3 N–H and O–H groups in total. The summed E-state index contributed by atoms with van der Waals surface area (Å²) in [7, 11) is -2.60. The maximum absolute atomic E-state index is 13.2. The third-order valence-electron chi connectivity index (χ3n) is 4.33. The van der Waals surface area contributed by atoms with Crippen molar-refractivity contribution >= 4 is 33.6 Å². The normalized spacial score (nSPS) is 11.1. The molecule has 3 aromatic carbocycles. The second-order valence-electron chi connectivity index (χ2n) is 6.67. The molecule has 0 atom stereocenters. The summed E-state index contributed by atoms with van der Waals surface area (Å²) in [5.41, 5.74) is 5.09. The van der Waals surface area contributed by atoms with Crippen LogP contribution in [0.3, 0.4) is 0 Å². The fourth-order valence-corrected chi connectivity index (χ4v) is 3.87. The Bertz CT molecular complexity index is 1310. The first-order valence-corrected chi connectivity index (χ1v) is 11.1. The Kier molecular flexibility index (Phi) is 7.42. The summed E-state index contributed by atoms with van der Waals surface area (Å²) >= 11 is 0. The molecule has 0 fully saturated rings. The van der Waals surface area contributed by atoms with Crippen LogP contribution >= 0.6 is 0 Å². The number of para-hydroxylation sites is 2. The Morgan fingerprint density at radius 1 is 0.939 bits per heavy atom. The van der Waals surface area contributed by atoms with E-state index >= 15 is 0 Å². The predicted octanol–water partition coefficient (Wildman–Crippen LogP) is 3.11. The van der Waals surface area contributed by atoms with E-state index in [1.807, 2.05) is 0 Å². The lowest BCUT2D eigenvalue weighted by Crippen LogP contribution is -2.40. The molecule has 2 amide bonds. The van der Waals surface area contributed by atoms with Crippen molar-refractivity contribution in [3.8, 4) is 5.75 Å². The Morgan fingerprint density at radius 3 is 2.45 bits per heavy atom. The van der Waals surface area contributed by atoms with Gasteiger partial charge in [-0.25, -0.2) is 12.8 Å². The van der Waals surface area contributed by atoms with Gasteiger partial charge in [0.1, 0.15) is 11.6 Å². The van der Waals surface area contributed by atoms with Gasteiger partial charge in [-0.1, -0.05) is 30.3 Å². The average molecular weight is 469 g/mol. The van der Waals surface area contributed by atoms with Gasteiger partial charge >= 0.3 is 0 Å². The van der Waals surface area contributed by atoms with Crippen molar-refractivity contribution in [2.24, 2.45) is 0 Å². The number of hydrogen-bond donors (Lipinski definition) is 3. The van der Waals surface area contributed by atoms with Gasteiger partial charge in [0.15, 0.2) is 0 Å². The van der Waals surface area contributed by atoms with Crippen LogP contribution in [0, 0.1) is 5.82 Å². The highest BCUT2D eigenvalue weighted by molar-refractivity contribution is 7.92. The van der Waals surface area contributed by atoms with Crippen molar-refractivity contribution in [1.82, 2.24) is 10.9 Å². The molecule has 0 bridgehead atoms. The molecule has 0 unspecified atom stereocenters. The molecule has 0 aliphatic carbocycles. The maximum Gasteiger partial charge on any atom is 0.269 e. The number of benzene rings is 3. The van der Waals surface area contributed by atoms with Gasteiger partial charge < -0.3 is 4.74 Å². The summed E-state index contributed by atoms with van der Waals surface area (Å²) in [6.07, 6.45) is 2.49. The molecule has 0 aliphatic heterocycles. The van der Waals surface area contributed by atoms with E-state index in [2.05, 4.69) is 15.6 Å². The molecule has 8 nitrogen and oxygen atoms in total. The molecule has 33 heavy (non-hydrogen) atoms. The van der Waals surface area contributed by atoms with E-state index in [4.69, 9.17) is 4.74 Å². The van der Waals surface area contributed by atoms with Crippen LogP contribution in [0.15, 0.2) is 83.8 Å². The molecule has 0 heterocycles. The molecule has 3 aromatic rings. The minimum atomic E-state index is -4.02. The van der Waals surface area contributed by atoms with Crippen molar-refractivity contribution < 1.29 is 27.1 Å². The second-order valence-corrected chi connectivity index (χ2v) is 8.35. The molecule has 170 valence electrons. The van der Waals surface area contributed by atoms with Crippen molar-refractivity contribution in [3.05, 3.63) is 95.8 Å². The van der Waals surface area contributed by atoms with Crippen LogP contribution in [-0.4, -0.2) is 27.3 Å². The number of halogens is 1. The van der Waals surface area contributed by atoms with Crippen LogP contribution < -0.4 is 20.3 Å². The Hall–Kier alpha value is -4.18. The first kappa shape index (κ1) is 23.5. The SMILES string of the molecule is COc1ccccc1NS(=O)(=O)c1cccc(C(=O)NNC(=O)C=Cc2cccc(F)c2)c1. The zero-order chi connectivity index (χ0) is 23.8. The molecule has 0 saturated heterocycles. The average Bonchev–Trinajstić information content (AvgIpc) is 2.81. The molecule has 0 aromatic heterocycles. The summed E-state index contributed by atoms with van der Waals surface area (Å²) in [5.74, 6) is -1.49. The number of hydrazine groups is 1.